The number of ether oxygens (including phenoxy) is 1. The van der Waals surface area contributed by atoms with Gasteiger partial charge in [-0.3, -0.25) is 4.79 Å². The lowest BCUT2D eigenvalue weighted by atomic mass is 10.0. The van der Waals surface area contributed by atoms with Gasteiger partial charge in [-0.05, 0) is 72.3 Å². The molecular formula is C27H20ClN3O2. The highest BCUT2D eigenvalue weighted by atomic mass is 35.5. The van der Waals surface area contributed by atoms with Gasteiger partial charge < -0.3 is 15.0 Å². The summed E-state index contributed by atoms with van der Waals surface area (Å²) < 4.78 is 5.49. The minimum absolute atomic E-state index is 0.211. The lowest BCUT2D eigenvalue weighted by Gasteiger charge is -2.12. The van der Waals surface area contributed by atoms with Gasteiger partial charge in [-0.15, -0.1) is 0 Å². The number of H-pyrrole nitrogens is 1. The number of aromatic amines is 1. The lowest BCUT2D eigenvalue weighted by molar-refractivity contribution is 0.102. The van der Waals surface area contributed by atoms with Crippen LogP contribution in [0.3, 0.4) is 0 Å². The van der Waals surface area contributed by atoms with Crippen LogP contribution in [0.2, 0.25) is 5.02 Å². The van der Waals surface area contributed by atoms with Crippen LogP contribution >= 0.6 is 11.6 Å². The molecule has 0 fully saturated rings. The summed E-state index contributed by atoms with van der Waals surface area (Å²) >= 11 is 6.15. The second-order valence-electron chi connectivity index (χ2n) is 7.56. The number of hydrogen-bond donors (Lipinski definition) is 2. The molecule has 0 atom stereocenters. The summed E-state index contributed by atoms with van der Waals surface area (Å²) in [6.45, 7) is 0. The van der Waals surface area contributed by atoms with Crippen LogP contribution in [0.4, 0.5) is 5.69 Å². The maximum Gasteiger partial charge on any atom is 0.255 e. The summed E-state index contributed by atoms with van der Waals surface area (Å²) in [5.41, 5.74) is 5.74. The van der Waals surface area contributed by atoms with Crippen molar-refractivity contribution in [3.8, 4) is 28.3 Å². The zero-order chi connectivity index (χ0) is 22.8. The fourth-order valence-corrected chi connectivity index (χ4v) is 3.93. The third-order valence-corrected chi connectivity index (χ3v) is 5.64. The second-order valence-corrected chi connectivity index (χ2v) is 8.00. The third kappa shape index (κ3) is 4.31. The van der Waals surface area contributed by atoms with E-state index in [1.807, 2.05) is 78.9 Å². The molecule has 1 heterocycles. The van der Waals surface area contributed by atoms with E-state index in [-0.39, 0.29) is 5.91 Å². The Labute approximate surface area is 196 Å². The first-order valence-corrected chi connectivity index (χ1v) is 10.8. The van der Waals surface area contributed by atoms with E-state index < -0.39 is 0 Å². The number of carbonyl (C=O) groups is 1. The van der Waals surface area contributed by atoms with Crippen LogP contribution in [-0.2, 0) is 0 Å². The fraction of sp³-hybridized carbons (Fsp3) is 0.0370. The van der Waals surface area contributed by atoms with Gasteiger partial charge in [0.15, 0.2) is 0 Å². The van der Waals surface area contributed by atoms with Gasteiger partial charge >= 0.3 is 0 Å². The molecule has 4 aromatic carbocycles. The predicted molar refractivity (Wildman–Crippen MR) is 133 cm³/mol. The molecule has 5 nitrogen and oxygen atoms in total. The molecule has 0 bridgehead atoms. The van der Waals surface area contributed by atoms with E-state index >= 15 is 0 Å². The van der Waals surface area contributed by atoms with Crippen LogP contribution in [0.25, 0.3) is 33.5 Å². The Hall–Kier alpha value is -4.09. The minimum Gasteiger partial charge on any atom is -0.496 e. The molecule has 0 aliphatic carbocycles. The standard InChI is InChI=1S/C27H20ClN3O2/c1-33-25-14-11-19(16-22(25)18-5-4-6-20(28)15-18)27(32)29-21-12-9-17(10-13-21)26-30-23-7-2-3-8-24(23)31-26/h2-16H,1H3,(H,29,32)(H,30,31). The van der Waals surface area contributed by atoms with Gasteiger partial charge in [0.25, 0.3) is 5.91 Å². The van der Waals surface area contributed by atoms with Crippen molar-refractivity contribution in [3.05, 3.63) is 102 Å². The van der Waals surface area contributed by atoms with Crippen molar-refractivity contribution < 1.29 is 9.53 Å². The minimum atomic E-state index is -0.211. The summed E-state index contributed by atoms with van der Waals surface area (Å²) in [7, 11) is 1.60. The molecule has 0 unspecified atom stereocenters. The molecule has 2 N–H and O–H groups in total. The Morgan fingerprint density at radius 2 is 1.73 bits per heavy atom. The van der Waals surface area contributed by atoms with Crippen LogP contribution < -0.4 is 10.1 Å². The number of aromatic nitrogens is 2. The molecule has 0 aliphatic heterocycles. The first-order chi connectivity index (χ1) is 16.1. The summed E-state index contributed by atoms with van der Waals surface area (Å²) in [6.07, 6.45) is 0. The molecular weight excluding hydrogens is 434 g/mol. The summed E-state index contributed by atoms with van der Waals surface area (Å²) in [5.74, 6) is 1.25. The van der Waals surface area contributed by atoms with E-state index in [4.69, 9.17) is 16.3 Å². The highest BCUT2D eigenvalue weighted by Crippen LogP contribution is 2.32. The summed E-state index contributed by atoms with van der Waals surface area (Å²) in [6, 6.07) is 28.3. The molecule has 0 saturated heterocycles. The Morgan fingerprint density at radius 3 is 2.48 bits per heavy atom. The van der Waals surface area contributed by atoms with Crippen molar-refractivity contribution in [1.29, 1.82) is 0 Å². The molecule has 0 aliphatic rings. The van der Waals surface area contributed by atoms with Crippen molar-refractivity contribution in [2.75, 3.05) is 12.4 Å². The van der Waals surface area contributed by atoms with Crippen LogP contribution in [0.1, 0.15) is 10.4 Å². The van der Waals surface area contributed by atoms with Gasteiger partial charge in [-0.25, -0.2) is 4.98 Å². The fourth-order valence-electron chi connectivity index (χ4n) is 3.74. The molecule has 6 heteroatoms. The molecule has 0 spiro atoms. The van der Waals surface area contributed by atoms with E-state index in [9.17, 15) is 4.79 Å². The quantitative estimate of drug-likeness (QED) is 0.307. The van der Waals surface area contributed by atoms with Gasteiger partial charge in [-0.2, -0.15) is 0 Å². The van der Waals surface area contributed by atoms with E-state index in [1.165, 1.54) is 0 Å². The zero-order valence-electron chi connectivity index (χ0n) is 17.8. The molecule has 162 valence electrons. The number of nitrogens with one attached hydrogen (secondary N) is 2. The highest BCUT2D eigenvalue weighted by molar-refractivity contribution is 6.30. The first-order valence-electron chi connectivity index (χ1n) is 10.4. The number of benzene rings is 4. The summed E-state index contributed by atoms with van der Waals surface area (Å²) in [5, 5.41) is 3.57. The van der Waals surface area contributed by atoms with E-state index in [0.29, 0.717) is 22.0 Å². The number of methoxy groups -OCH3 is 1. The molecule has 0 saturated carbocycles. The maximum atomic E-state index is 12.9. The molecule has 5 aromatic rings. The third-order valence-electron chi connectivity index (χ3n) is 5.40. The Morgan fingerprint density at radius 1 is 0.909 bits per heavy atom. The van der Waals surface area contributed by atoms with Gasteiger partial charge in [-0.1, -0.05) is 35.9 Å². The topological polar surface area (TPSA) is 67.0 Å². The molecule has 33 heavy (non-hydrogen) atoms. The number of fused-ring (bicyclic) bond motifs is 1. The van der Waals surface area contributed by atoms with E-state index in [2.05, 4.69) is 15.3 Å². The lowest BCUT2D eigenvalue weighted by Crippen LogP contribution is -2.12. The van der Waals surface area contributed by atoms with Crippen molar-refractivity contribution in [1.82, 2.24) is 9.97 Å². The highest BCUT2D eigenvalue weighted by Gasteiger charge is 2.13. The molecule has 5 rings (SSSR count). The van der Waals surface area contributed by atoms with Gasteiger partial charge in [0.05, 0.1) is 18.1 Å². The van der Waals surface area contributed by atoms with Crippen molar-refractivity contribution in [3.63, 3.8) is 0 Å². The molecule has 0 radical (unpaired) electrons. The molecule has 1 aromatic heterocycles. The Kier molecular flexibility index (Phi) is 5.55. The number of nitrogens with zero attached hydrogens (tertiary/aromatic N) is 1. The SMILES string of the molecule is COc1ccc(C(=O)Nc2ccc(-c3nc4ccccc4[nH]3)cc2)cc1-c1cccc(Cl)c1. The number of halogens is 1. The first kappa shape index (κ1) is 20.8. The van der Waals surface area contributed by atoms with Crippen LogP contribution in [0.5, 0.6) is 5.75 Å². The van der Waals surface area contributed by atoms with Crippen LogP contribution in [0, 0.1) is 0 Å². The van der Waals surface area contributed by atoms with Crippen molar-refractivity contribution in [2.45, 2.75) is 0 Å². The van der Waals surface area contributed by atoms with Gasteiger partial charge in [0, 0.05) is 27.4 Å². The number of amides is 1. The van der Waals surface area contributed by atoms with E-state index in [1.54, 1.807) is 19.2 Å². The number of imidazole rings is 1. The van der Waals surface area contributed by atoms with Crippen molar-refractivity contribution in [2.24, 2.45) is 0 Å². The van der Waals surface area contributed by atoms with Crippen LogP contribution in [0.15, 0.2) is 91.0 Å². The average molecular weight is 454 g/mol. The van der Waals surface area contributed by atoms with E-state index in [0.717, 1.165) is 33.5 Å². The maximum absolute atomic E-state index is 12.9. The second kappa shape index (κ2) is 8.81. The Balaban J connectivity index is 1.37. The van der Waals surface area contributed by atoms with Crippen molar-refractivity contribution >= 4 is 34.2 Å². The average Bonchev–Trinajstić information content (AvgIpc) is 3.28. The van der Waals surface area contributed by atoms with Crippen LogP contribution in [-0.4, -0.2) is 23.0 Å². The largest absolute Gasteiger partial charge is 0.496 e. The van der Waals surface area contributed by atoms with Gasteiger partial charge in [0.1, 0.15) is 11.6 Å². The number of hydrogen-bond acceptors (Lipinski definition) is 3. The monoisotopic (exact) mass is 453 g/mol. The number of para-hydroxylation sites is 2. The number of rotatable bonds is 5. The molecule has 1 amide bonds. The van der Waals surface area contributed by atoms with Gasteiger partial charge in [0.2, 0.25) is 0 Å². The number of anilines is 1. The number of carbonyl (C=O) groups excluding carboxylic acids is 1. The smallest absolute Gasteiger partial charge is 0.255 e. The predicted octanol–water partition coefficient (Wildman–Crippen LogP) is 6.81. The normalized spacial score (nSPS) is 10.8. The summed E-state index contributed by atoms with van der Waals surface area (Å²) in [4.78, 5) is 20.9. The Bertz CT molecular complexity index is 1430. The zero-order valence-corrected chi connectivity index (χ0v) is 18.6.